The molecule has 174 valence electrons. The van der Waals surface area contributed by atoms with E-state index in [1.807, 2.05) is 30.3 Å². The summed E-state index contributed by atoms with van der Waals surface area (Å²) in [4.78, 5) is 24.1. The Bertz CT molecular complexity index is 1480. The third-order valence-corrected chi connectivity index (χ3v) is 7.32. The number of benzene rings is 3. The number of sulfonamides is 1. The number of anilines is 1. The minimum absolute atomic E-state index is 0.103. The molecule has 3 aromatic carbocycles. The molecular weight excluding hydrogens is 499 g/mol. The fraction of sp³-hybridized carbons (Fsp3) is 0.0833. The summed E-state index contributed by atoms with van der Waals surface area (Å²) in [6, 6.07) is 19.3. The molecule has 0 saturated heterocycles. The van der Waals surface area contributed by atoms with Gasteiger partial charge in [-0.15, -0.1) is 0 Å². The summed E-state index contributed by atoms with van der Waals surface area (Å²) in [5.74, 6) is -1.50. The van der Waals surface area contributed by atoms with Crippen molar-refractivity contribution in [3.63, 3.8) is 0 Å². The number of aromatic nitrogens is 1. The zero-order valence-corrected chi connectivity index (χ0v) is 19.9. The summed E-state index contributed by atoms with van der Waals surface area (Å²) in [6.07, 6.45) is 1.80. The number of hydrogen-bond donors (Lipinski definition) is 1. The molecule has 4 aromatic rings. The normalized spacial score (nSPS) is 11.5. The molecule has 1 aromatic heterocycles. The van der Waals surface area contributed by atoms with Crippen LogP contribution in [0.5, 0.6) is 0 Å². The topological polar surface area (TPSA) is 96.7 Å². The quantitative estimate of drug-likeness (QED) is 0.368. The Morgan fingerprint density at radius 3 is 2.24 bits per heavy atom. The van der Waals surface area contributed by atoms with Crippen LogP contribution in [0.3, 0.4) is 0 Å². The fourth-order valence-corrected chi connectivity index (χ4v) is 5.73. The van der Waals surface area contributed by atoms with E-state index in [-0.39, 0.29) is 33.0 Å². The predicted octanol–water partition coefficient (Wildman–Crippen LogP) is 5.11. The summed E-state index contributed by atoms with van der Waals surface area (Å²) in [5, 5.41) is 10.2. The number of carbonyl (C=O) groups is 2. The minimum atomic E-state index is -4.30. The van der Waals surface area contributed by atoms with Crippen LogP contribution in [-0.4, -0.2) is 36.5 Å². The van der Waals surface area contributed by atoms with E-state index >= 15 is 0 Å². The molecular formula is C24H18Cl2N2O5S. The van der Waals surface area contributed by atoms with E-state index < -0.39 is 22.5 Å². The van der Waals surface area contributed by atoms with Crippen LogP contribution in [0, 0.1) is 0 Å². The lowest BCUT2D eigenvalue weighted by Crippen LogP contribution is -2.35. The summed E-state index contributed by atoms with van der Waals surface area (Å²) >= 11 is 11.9. The van der Waals surface area contributed by atoms with Crippen LogP contribution < -0.4 is 4.31 Å². The zero-order valence-electron chi connectivity index (χ0n) is 17.6. The van der Waals surface area contributed by atoms with Crippen LogP contribution in [0.25, 0.3) is 10.9 Å². The maximum Gasteiger partial charge on any atom is 0.324 e. The molecule has 7 nitrogen and oxygen atoms in total. The van der Waals surface area contributed by atoms with Gasteiger partial charge in [-0.3, -0.25) is 18.5 Å². The van der Waals surface area contributed by atoms with Crippen molar-refractivity contribution in [2.75, 3.05) is 10.8 Å². The number of fused-ring (bicyclic) bond motifs is 1. The average Bonchev–Trinajstić information content (AvgIpc) is 3.20. The number of rotatable bonds is 7. The van der Waals surface area contributed by atoms with Crippen LogP contribution in [-0.2, 0) is 21.2 Å². The highest BCUT2D eigenvalue weighted by Crippen LogP contribution is 2.30. The van der Waals surface area contributed by atoms with Gasteiger partial charge in [-0.2, -0.15) is 0 Å². The number of aliphatic carboxylic acids is 1. The highest BCUT2D eigenvalue weighted by atomic mass is 35.5. The lowest BCUT2D eigenvalue weighted by molar-refractivity contribution is -0.135. The third-order valence-electron chi connectivity index (χ3n) is 5.13. The maximum absolute atomic E-state index is 13.3. The van der Waals surface area contributed by atoms with E-state index in [2.05, 4.69) is 0 Å². The molecule has 0 saturated carbocycles. The number of nitrogens with zero attached hydrogens (tertiary/aromatic N) is 2. The maximum atomic E-state index is 13.3. The predicted molar refractivity (Wildman–Crippen MR) is 131 cm³/mol. The number of halogens is 2. The highest BCUT2D eigenvalue weighted by molar-refractivity contribution is 7.92. The molecule has 0 fully saturated rings. The van der Waals surface area contributed by atoms with Crippen LogP contribution in [0.1, 0.15) is 10.4 Å². The molecule has 0 unspecified atom stereocenters. The number of carbonyl (C=O) groups excluding carboxylic acids is 1. The van der Waals surface area contributed by atoms with Crippen molar-refractivity contribution in [3.05, 3.63) is 94.6 Å². The highest BCUT2D eigenvalue weighted by Gasteiger charge is 2.28. The summed E-state index contributed by atoms with van der Waals surface area (Å²) in [7, 11) is -4.30. The Kier molecular flexibility index (Phi) is 6.65. The van der Waals surface area contributed by atoms with Crippen molar-refractivity contribution in [1.29, 1.82) is 0 Å². The first-order valence-electron chi connectivity index (χ1n) is 10.0. The van der Waals surface area contributed by atoms with Crippen molar-refractivity contribution < 1.29 is 23.1 Å². The molecule has 10 heteroatoms. The Morgan fingerprint density at radius 2 is 1.59 bits per heavy atom. The van der Waals surface area contributed by atoms with Gasteiger partial charge in [0.25, 0.3) is 10.0 Å². The number of carboxylic acid groups (broad SMARTS) is 1. The van der Waals surface area contributed by atoms with Crippen molar-refractivity contribution in [1.82, 2.24) is 4.57 Å². The van der Waals surface area contributed by atoms with Gasteiger partial charge in [0.1, 0.15) is 6.54 Å². The Labute approximate surface area is 205 Å². The van der Waals surface area contributed by atoms with Gasteiger partial charge in [-0.1, -0.05) is 53.5 Å². The average molecular weight is 517 g/mol. The third kappa shape index (κ3) is 4.94. The van der Waals surface area contributed by atoms with Crippen molar-refractivity contribution in [3.8, 4) is 0 Å². The van der Waals surface area contributed by atoms with E-state index in [0.717, 1.165) is 9.87 Å². The molecule has 0 bridgehead atoms. The minimum Gasteiger partial charge on any atom is -0.480 e. The Balaban J connectivity index is 1.72. The van der Waals surface area contributed by atoms with E-state index in [4.69, 9.17) is 23.2 Å². The van der Waals surface area contributed by atoms with Gasteiger partial charge in [0.15, 0.2) is 0 Å². The van der Waals surface area contributed by atoms with Crippen molar-refractivity contribution >= 4 is 61.7 Å². The molecule has 0 spiro atoms. The molecule has 0 amide bonds. The van der Waals surface area contributed by atoms with Crippen molar-refractivity contribution in [2.24, 2.45) is 0 Å². The molecule has 1 heterocycles. The van der Waals surface area contributed by atoms with Gasteiger partial charge in [0, 0.05) is 21.6 Å². The first-order valence-corrected chi connectivity index (χ1v) is 12.2. The summed E-state index contributed by atoms with van der Waals surface area (Å²) in [6.45, 7) is -0.814. The van der Waals surface area contributed by atoms with Crippen molar-refractivity contribution in [2.45, 2.75) is 11.3 Å². The van der Waals surface area contributed by atoms with E-state index in [1.54, 1.807) is 18.3 Å². The SMILES string of the molecule is O=C(O)CN(c1ccc2c(ccn2C(=O)Cc2ccccc2)c1)S(=O)(=O)c1cc(Cl)cc(Cl)c1. The van der Waals surface area contributed by atoms with Crippen LogP contribution in [0.4, 0.5) is 5.69 Å². The molecule has 0 aliphatic rings. The van der Waals surface area contributed by atoms with Gasteiger partial charge >= 0.3 is 5.97 Å². The number of carboxylic acids is 1. The second-order valence-corrected chi connectivity index (χ2v) is 10.2. The van der Waals surface area contributed by atoms with Gasteiger partial charge in [0.2, 0.25) is 5.91 Å². The molecule has 1 N–H and O–H groups in total. The molecule has 0 radical (unpaired) electrons. The standard InChI is InChI=1S/C24H18Cl2N2O5S/c25-18-12-19(26)14-21(13-18)34(32,33)28(15-24(30)31)20-6-7-22-17(11-20)8-9-27(22)23(29)10-16-4-2-1-3-5-16/h1-9,11-14H,10,15H2,(H,30,31). The van der Waals surface area contributed by atoms with Gasteiger partial charge in [-0.05, 0) is 48.0 Å². The molecule has 34 heavy (non-hydrogen) atoms. The summed E-state index contributed by atoms with van der Waals surface area (Å²) < 4.78 is 28.9. The van der Waals surface area contributed by atoms with E-state index in [0.29, 0.717) is 10.9 Å². The largest absolute Gasteiger partial charge is 0.480 e. The molecule has 0 aliphatic carbocycles. The Hall–Kier alpha value is -3.33. The smallest absolute Gasteiger partial charge is 0.324 e. The molecule has 4 rings (SSSR count). The van der Waals surface area contributed by atoms with Gasteiger partial charge in [0.05, 0.1) is 22.5 Å². The van der Waals surface area contributed by atoms with Gasteiger partial charge < -0.3 is 5.11 Å². The van der Waals surface area contributed by atoms with E-state index in [1.165, 1.54) is 34.9 Å². The van der Waals surface area contributed by atoms with Crippen LogP contribution in [0.15, 0.2) is 83.9 Å². The lowest BCUT2D eigenvalue weighted by Gasteiger charge is -2.23. The van der Waals surface area contributed by atoms with E-state index in [9.17, 15) is 23.1 Å². The number of hydrogen-bond acceptors (Lipinski definition) is 4. The molecule has 0 atom stereocenters. The first kappa shape index (κ1) is 23.8. The Morgan fingerprint density at radius 1 is 0.912 bits per heavy atom. The van der Waals surface area contributed by atoms with Crippen LogP contribution >= 0.6 is 23.2 Å². The zero-order chi connectivity index (χ0) is 24.5. The molecule has 0 aliphatic heterocycles. The van der Waals surface area contributed by atoms with Gasteiger partial charge in [-0.25, -0.2) is 8.42 Å². The summed E-state index contributed by atoms with van der Waals surface area (Å²) in [5.41, 5.74) is 1.56. The lowest BCUT2D eigenvalue weighted by atomic mass is 10.1. The second kappa shape index (κ2) is 9.50. The monoisotopic (exact) mass is 516 g/mol. The van der Waals surface area contributed by atoms with Crippen LogP contribution in [0.2, 0.25) is 10.0 Å². The second-order valence-electron chi connectivity index (χ2n) is 7.50. The fourth-order valence-electron chi connectivity index (χ4n) is 3.60. The first-order chi connectivity index (χ1) is 16.1.